The van der Waals surface area contributed by atoms with E-state index in [1.165, 1.54) is 39.3 Å². The van der Waals surface area contributed by atoms with Crippen molar-refractivity contribution in [1.82, 2.24) is 14.3 Å². The summed E-state index contributed by atoms with van der Waals surface area (Å²) in [5.74, 6) is -0.596. The Kier molecular flexibility index (Phi) is 4.25. The first-order valence-corrected chi connectivity index (χ1v) is 6.13. The van der Waals surface area contributed by atoms with Crippen LogP contribution in [-0.4, -0.2) is 34.5 Å². The lowest BCUT2D eigenvalue weighted by Gasteiger charge is -2.09. The SMILES string of the molecule is COC(=O)c1ccc(OC)c(-n2nc(C)n(C(F)F)c2=O)c1. The third-order valence-electron chi connectivity index (χ3n) is 3.00. The number of hydrogen-bond acceptors (Lipinski definition) is 5. The van der Waals surface area contributed by atoms with Crippen molar-refractivity contribution >= 4 is 5.97 Å². The highest BCUT2D eigenvalue weighted by atomic mass is 19.3. The number of esters is 1. The summed E-state index contributed by atoms with van der Waals surface area (Å²) in [5, 5.41) is 3.79. The van der Waals surface area contributed by atoms with Gasteiger partial charge in [0.05, 0.1) is 19.8 Å². The van der Waals surface area contributed by atoms with E-state index in [1.54, 1.807) is 0 Å². The number of carbonyl (C=O) groups is 1. The molecule has 0 saturated heterocycles. The largest absolute Gasteiger partial charge is 0.494 e. The molecule has 9 heteroatoms. The Morgan fingerprint density at radius 3 is 2.50 bits per heavy atom. The first-order chi connectivity index (χ1) is 10.4. The zero-order chi connectivity index (χ0) is 16.4. The van der Waals surface area contributed by atoms with Crippen molar-refractivity contribution in [1.29, 1.82) is 0 Å². The average Bonchev–Trinajstić information content (AvgIpc) is 2.80. The molecule has 1 aromatic carbocycles. The van der Waals surface area contributed by atoms with E-state index in [-0.39, 0.29) is 27.4 Å². The molecule has 7 nitrogen and oxygen atoms in total. The zero-order valence-corrected chi connectivity index (χ0v) is 12.0. The molecule has 0 N–H and O–H groups in total. The number of aryl methyl sites for hydroxylation is 1. The van der Waals surface area contributed by atoms with Gasteiger partial charge in [-0.15, -0.1) is 5.10 Å². The van der Waals surface area contributed by atoms with Crippen LogP contribution < -0.4 is 10.4 Å². The van der Waals surface area contributed by atoms with Gasteiger partial charge in [-0.1, -0.05) is 0 Å². The number of rotatable bonds is 4. The minimum Gasteiger partial charge on any atom is -0.494 e. The van der Waals surface area contributed by atoms with Crippen LogP contribution in [0.25, 0.3) is 5.69 Å². The molecule has 0 amide bonds. The van der Waals surface area contributed by atoms with Crippen LogP contribution in [0.1, 0.15) is 22.7 Å². The van der Waals surface area contributed by atoms with Gasteiger partial charge in [0, 0.05) is 0 Å². The Bertz CT molecular complexity index is 767. The fourth-order valence-corrected chi connectivity index (χ4v) is 1.96. The lowest BCUT2D eigenvalue weighted by atomic mass is 10.2. The maximum absolute atomic E-state index is 12.9. The Morgan fingerprint density at radius 1 is 1.32 bits per heavy atom. The number of methoxy groups -OCH3 is 2. The smallest absolute Gasteiger partial charge is 0.355 e. The van der Waals surface area contributed by atoms with E-state index in [0.717, 1.165) is 4.68 Å². The number of aromatic nitrogens is 3. The van der Waals surface area contributed by atoms with Crippen molar-refractivity contribution in [2.45, 2.75) is 13.5 Å². The van der Waals surface area contributed by atoms with Gasteiger partial charge in [0.25, 0.3) is 0 Å². The second-order valence-corrected chi connectivity index (χ2v) is 4.27. The van der Waals surface area contributed by atoms with E-state index in [9.17, 15) is 18.4 Å². The van der Waals surface area contributed by atoms with E-state index in [0.29, 0.717) is 0 Å². The summed E-state index contributed by atoms with van der Waals surface area (Å²) in [7, 11) is 2.55. The van der Waals surface area contributed by atoms with Gasteiger partial charge in [-0.05, 0) is 25.1 Å². The maximum Gasteiger partial charge on any atom is 0.355 e. The van der Waals surface area contributed by atoms with Gasteiger partial charge in [-0.2, -0.15) is 13.5 Å². The molecule has 0 bridgehead atoms. The normalized spacial score (nSPS) is 10.8. The molecular formula is C13H13F2N3O4. The molecule has 2 aromatic rings. The Hall–Kier alpha value is -2.71. The molecule has 2 rings (SSSR count). The van der Waals surface area contributed by atoms with Crippen LogP contribution in [-0.2, 0) is 4.74 Å². The van der Waals surface area contributed by atoms with Crippen molar-refractivity contribution in [2.75, 3.05) is 14.2 Å². The molecule has 0 fully saturated rings. The predicted molar refractivity (Wildman–Crippen MR) is 71.7 cm³/mol. The van der Waals surface area contributed by atoms with Crippen molar-refractivity contribution in [3.8, 4) is 11.4 Å². The molecule has 0 aliphatic carbocycles. The summed E-state index contributed by atoms with van der Waals surface area (Å²) in [6.45, 7) is -1.74. The highest BCUT2D eigenvalue weighted by molar-refractivity contribution is 5.90. The molecule has 0 aliphatic rings. The van der Waals surface area contributed by atoms with Gasteiger partial charge in [0.15, 0.2) is 0 Å². The van der Waals surface area contributed by atoms with E-state index >= 15 is 0 Å². The van der Waals surface area contributed by atoms with Gasteiger partial charge >= 0.3 is 18.2 Å². The Labute approximate surface area is 123 Å². The number of ether oxygens (including phenoxy) is 2. The third-order valence-corrected chi connectivity index (χ3v) is 3.00. The zero-order valence-electron chi connectivity index (χ0n) is 12.0. The van der Waals surface area contributed by atoms with Crippen LogP contribution in [0.5, 0.6) is 5.75 Å². The highest BCUT2D eigenvalue weighted by Gasteiger charge is 2.21. The van der Waals surface area contributed by atoms with E-state index in [1.807, 2.05) is 0 Å². The van der Waals surface area contributed by atoms with Gasteiger partial charge in [0.2, 0.25) is 0 Å². The summed E-state index contributed by atoms with van der Waals surface area (Å²) in [4.78, 5) is 23.6. The second-order valence-electron chi connectivity index (χ2n) is 4.27. The van der Waals surface area contributed by atoms with Crippen molar-refractivity contribution in [3.05, 3.63) is 40.1 Å². The molecule has 0 atom stereocenters. The number of nitrogens with zero attached hydrogens (tertiary/aromatic N) is 3. The van der Waals surface area contributed by atoms with Crippen LogP contribution in [0.15, 0.2) is 23.0 Å². The van der Waals surface area contributed by atoms with Gasteiger partial charge in [-0.3, -0.25) is 0 Å². The molecule has 0 aliphatic heterocycles. The number of alkyl halides is 2. The third kappa shape index (κ3) is 2.57. The fourth-order valence-electron chi connectivity index (χ4n) is 1.96. The van der Waals surface area contributed by atoms with Gasteiger partial charge < -0.3 is 9.47 Å². The topological polar surface area (TPSA) is 75.3 Å². The molecule has 118 valence electrons. The molecular weight excluding hydrogens is 300 g/mol. The highest BCUT2D eigenvalue weighted by Crippen LogP contribution is 2.23. The van der Waals surface area contributed by atoms with Crippen molar-refractivity contribution in [2.24, 2.45) is 0 Å². The molecule has 0 radical (unpaired) electrons. The minimum absolute atomic E-state index is 0.0675. The van der Waals surface area contributed by atoms with E-state index < -0.39 is 18.2 Å². The van der Waals surface area contributed by atoms with Crippen LogP contribution in [0.3, 0.4) is 0 Å². The summed E-state index contributed by atoms with van der Waals surface area (Å²) >= 11 is 0. The summed E-state index contributed by atoms with van der Waals surface area (Å²) in [6, 6.07) is 4.13. The standard InChI is InChI=1S/C13H13F2N3O4/c1-7-16-18(13(20)17(7)12(14)15)9-6-8(11(19)22-3)4-5-10(9)21-2/h4-6,12H,1-3H3. The first kappa shape index (κ1) is 15.7. The van der Waals surface area contributed by atoms with Gasteiger partial charge in [0.1, 0.15) is 17.3 Å². The molecule has 0 unspecified atom stereocenters. The number of halogens is 2. The monoisotopic (exact) mass is 313 g/mol. The quantitative estimate of drug-likeness (QED) is 0.800. The van der Waals surface area contributed by atoms with Crippen molar-refractivity contribution in [3.63, 3.8) is 0 Å². The summed E-state index contributed by atoms with van der Waals surface area (Å²) in [6.07, 6.45) is 0. The summed E-state index contributed by atoms with van der Waals surface area (Å²) in [5.41, 5.74) is -0.833. The minimum atomic E-state index is -3.02. The molecule has 1 aromatic heterocycles. The lowest BCUT2D eigenvalue weighted by molar-refractivity contribution is 0.0599. The van der Waals surface area contributed by atoms with Crippen molar-refractivity contribution < 1.29 is 23.0 Å². The van der Waals surface area contributed by atoms with E-state index in [2.05, 4.69) is 9.84 Å². The van der Waals surface area contributed by atoms with Crippen LogP contribution >= 0.6 is 0 Å². The van der Waals surface area contributed by atoms with Gasteiger partial charge in [-0.25, -0.2) is 14.2 Å². The molecule has 0 saturated carbocycles. The lowest BCUT2D eigenvalue weighted by Crippen LogP contribution is -2.25. The average molecular weight is 313 g/mol. The summed E-state index contributed by atoms with van der Waals surface area (Å²) < 4.78 is 36.4. The number of hydrogen-bond donors (Lipinski definition) is 0. The number of carbonyl (C=O) groups excluding carboxylic acids is 1. The van der Waals surface area contributed by atoms with E-state index in [4.69, 9.17) is 4.74 Å². The molecule has 22 heavy (non-hydrogen) atoms. The second kappa shape index (κ2) is 5.96. The maximum atomic E-state index is 12.9. The molecule has 0 spiro atoms. The van der Waals surface area contributed by atoms with Crippen LogP contribution in [0, 0.1) is 6.92 Å². The predicted octanol–water partition coefficient (Wildman–Crippen LogP) is 1.53. The Balaban J connectivity index is 2.68. The van der Waals surface area contributed by atoms with Crippen LogP contribution in [0.4, 0.5) is 8.78 Å². The van der Waals surface area contributed by atoms with Crippen LogP contribution in [0.2, 0.25) is 0 Å². The fraction of sp³-hybridized carbons (Fsp3) is 0.308. The first-order valence-electron chi connectivity index (χ1n) is 6.13. The Morgan fingerprint density at radius 2 is 2.00 bits per heavy atom. The number of benzene rings is 1. The molecule has 1 heterocycles.